The van der Waals surface area contributed by atoms with Crippen molar-refractivity contribution in [3.8, 4) is 0 Å². The number of fused-ring (bicyclic) bond motifs is 1. The molecule has 2 aromatic rings. The Morgan fingerprint density at radius 2 is 2.25 bits per heavy atom. The normalized spacial score (nSPS) is 14.7. The van der Waals surface area contributed by atoms with Crippen LogP contribution in [0.25, 0.3) is 10.9 Å². The number of primary amides is 1. The third-order valence-electron chi connectivity index (χ3n) is 3.04. The summed E-state index contributed by atoms with van der Waals surface area (Å²) in [6, 6.07) is 4.06. The second kappa shape index (κ2) is 4.41. The maximum absolute atomic E-state index is 13.4. The van der Waals surface area contributed by atoms with Crippen molar-refractivity contribution in [2.75, 3.05) is 0 Å². The molecule has 0 saturated carbocycles. The Morgan fingerprint density at radius 3 is 2.95 bits per heavy atom. The number of nitrogens with two attached hydrogens (primary N) is 1. The molecular formula is C14H11FN4O. The van der Waals surface area contributed by atoms with E-state index in [0.717, 1.165) is 5.57 Å². The molecule has 100 valence electrons. The van der Waals surface area contributed by atoms with Crippen LogP contribution in [-0.4, -0.2) is 21.5 Å². The summed E-state index contributed by atoms with van der Waals surface area (Å²) in [6.07, 6.45) is 3.85. The topological polar surface area (TPSA) is 73.3 Å². The van der Waals surface area contributed by atoms with E-state index >= 15 is 0 Å². The zero-order chi connectivity index (χ0) is 14.3. The molecule has 1 aromatic heterocycles. The zero-order valence-electron chi connectivity index (χ0n) is 10.5. The van der Waals surface area contributed by atoms with Gasteiger partial charge in [-0.15, -0.1) is 0 Å². The van der Waals surface area contributed by atoms with E-state index in [9.17, 15) is 9.18 Å². The number of rotatable bonds is 1. The predicted octanol–water partition coefficient (Wildman–Crippen LogP) is 1.99. The Labute approximate surface area is 113 Å². The van der Waals surface area contributed by atoms with Crippen LogP contribution >= 0.6 is 0 Å². The minimum Gasteiger partial charge on any atom is -0.364 e. The first-order valence-corrected chi connectivity index (χ1v) is 5.96. The smallest absolute Gasteiger partial charge is 0.269 e. The second-order valence-corrected chi connectivity index (χ2v) is 4.48. The molecule has 5 nitrogen and oxygen atoms in total. The van der Waals surface area contributed by atoms with Crippen molar-refractivity contribution in [2.45, 2.75) is 6.42 Å². The van der Waals surface area contributed by atoms with Gasteiger partial charge in [0.2, 0.25) is 0 Å². The van der Waals surface area contributed by atoms with Crippen LogP contribution in [0.15, 0.2) is 47.6 Å². The maximum Gasteiger partial charge on any atom is 0.269 e. The van der Waals surface area contributed by atoms with E-state index in [-0.39, 0.29) is 5.69 Å². The lowest BCUT2D eigenvalue weighted by Gasteiger charge is -2.10. The summed E-state index contributed by atoms with van der Waals surface area (Å²) in [4.78, 5) is 15.6. The molecule has 0 saturated heterocycles. The van der Waals surface area contributed by atoms with E-state index in [1.165, 1.54) is 22.9 Å². The molecule has 3 rings (SSSR count). The number of benzene rings is 1. The Hall–Kier alpha value is -2.76. The van der Waals surface area contributed by atoms with Crippen molar-refractivity contribution in [3.63, 3.8) is 0 Å². The zero-order valence-corrected chi connectivity index (χ0v) is 10.5. The molecule has 0 bridgehead atoms. The number of amides is 1. The summed E-state index contributed by atoms with van der Waals surface area (Å²) in [5.74, 6) is -0.507. The van der Waals surface area contributed by atoms with Gasteiger partial charge < -0.3 is 5.73 Å². The van der Waals surface area contributed by atoms with Crippen LogP contribution in [0.4, 0.5) is 4.39 Å². The fraction of sp³-hybridized carbons (Fsp3) is 0.0714. The number of aromatic nitrogens is 2. The predicted molar refractivity (Wildman–Crippen MR) is 73.9 cm³/mol. The van der Waals surface area contributed by atoms with Gasteiger partial charge in [-0.3, -0.25) is 4.79 Å². The lowest BCUT2D eigenvalue weighted by atomic mass is 10.1. The lowest BCUT2D eigenvalue weighted by Crippen LogP contribution is -2.18. The van der Waals surface area contributed by atoms with E-state index in [2.05, 4.69) is 16.7 Å². The van der Waals surface area contributed by atoms with Gasteiger partial charge in [-0.1, -0.05) is 6.58 Å². The van der Waals surface area contributed by atoms with Gasteiger partial charge in [0.15, 0.2) is 5.69 Å². The number of allylic oxidation sites excluding steroid dienone is 2. The first kappa shape index (κ1) is 12.3. The van der Waals surface area contributed by atoms with E-state index in [1.807, 2.05) is 0 Å². The van der Waals surface area contributed by atoms with Gasteiger partial charge in [0, 0.05) is 24.1 Å². The van der Waals surface area contributed by atoms with E-state index in [4.69, 9.17) is 5.73 Å². The highest BCUT2D eigenvalue weighted by Crippen LogP contribution is 2.22. The molecule has 0 spiro atoms. The highest BCUT2D eigenvalue weighted by atomic mass is 19.1. The van der Waals surface area contributed by atoms with Gasteiger partial charge in [0.25, 0.3) is 5.91 Å². The number of carbonyl (C=O) groups is 1. The SMILES string of the molecule is C=C1C=CN=C(n2nc(C(N)=O)c3ccc(F)cc32)C1. The molecule has 1 aliphatic heterocycles. The Morgan fingerprint density at radius 1 is 1.45 bits per heavy atom. The molecule has 6 heteroatoms. The highest BCUT2D eigenvalue weighted by molar-refractivity contribution is 6.07. The Bertz CT molecular complexity index is 801. The number of hydrogen-bond donors (Lipinski definition) is 1. The monoisotopic (exact) mass is 270 g/mol. The van der Waals surface area contributed by atoms with Crippen molar-refractivity contribution in [1.29, 1.82) is 0 Å². The summed E-state index contributed by atoms with van der Waals surface area (Å²) < 4.78 is 14.9. The molecular weight excluding hydrogens is 259 g/mol. The van der Waals surface area contributed by atoms with Crippen LogP contribution in [-0.2, 0) is 0 Å². The average Bonchev–Trinajstić information content (AvgIpc) is 2.77. The largest absolute Gasteiger partial charge is 0.364 e. The van der Waals surface area contributed by atoms with Crippen LogP contribution in [0.2, 0.25) is 0 Å². The molecule has 0 aliphatic carbocycles. The third-order valence-corrected chi connectivity index (χ3v) is 3.04. The van der Waals surface area contributed by atoms with Crippen molar-refractivity contribution in [3.05, 3.63) is 54.1 Å². The third kappa shape index (κ3) is 1.91. The molecule has 2 N–H and O–H groups in total. The lowest BCUT2D eigenvalue weighted by molar-refractivity contribution is 0.0997. The maximum atomic E-state index is 13.4. The molecule has 1 amide bonds. The summed E-state index contributed by atoms with van der Waals surface area (Å²) >= 11 is 0. The molecule has 0 unspecified atom stereocenters. The molecule has 0 atom stereocenters. The van der Waals surface area contributed by atoms with Gasteiger partial charge in [-0.05, 0) is 23.8 Å². The van der Waals surface area contributed by atoms with Gasteiger partial charge in [0.05, 0.1) is 5.52 Å². The Balaban J connectivity index is 2.27. The quantitative estimate of drug-likeness (QED) is 0.860. The molecule has 20 heavy (non-hydrogen) atoms. The van der Waals surface area contributed by atoms with Crippen molar-refractivity contribution >= 4 is 22.6 Å². The Kier molecular flexibility index (Phi) is 2.71. The molecule has 1 aromatic carbocycles. The number of aliphatic imine (C=N–C) groups is 1. The fourth-order valence-electron chi connectivity index (χ4n) is 2.13. The van der Waals surface area contributed by atoms with Crippen LogP contribution in [0, 0.1) is 5.82 Å². The molecule has 2 heterocycles. The first-order chi connectivity index (χ1) is 9.56. The van der Waals surface area contributed by atoms with Gasteiger partial charge in [-0.25, -0.2) is 14.1 Å². The van der Waals surface area contributed by atoms with Crippen LogP contribution in [0.5, 0.6) is 0 Å². The van der Waals surface area contributed by atoms with Crippen LogP contribution < -0.4 is 5.73 Å². The number of carbonyl (C=O) groups excluding carboxylic acids is 1. The number of hydrogen-bond acceptors (Lipinski definition) is 3. The summed E-state index contributed by atoms with van der Waals surface area (Å²) in [5, 5.41) is 4.66. The molecule has 0 fully saturated rings. The van der Waals surface area contributed by atoms with E-state index in [1.54, 1.807) is 12.3 Å². The van der Waals surface area contributed by atoms with Crippen LogP contribution in [0.1, 0.15) is 16.9 Å². The van der Waals surface area contributed by atoms with Gasteiger partial charge >= 0.3 is 0 Å². The standard InChI is InChI=1S/C14H11FN4O/c1-8-4-5-17-12(6-8)19-11-7-9(15)2-3-10(11)13(18-19)14(16)20/h2-5,7H,1,6H2,(H2,16,20). The minimum absolute atomic E-state index is 0.0999. The number of nitrogens with zero attached hydrogens (tertiary/aromatic N) is 3. The summed E-state index contributed by atoms with van der Waals surface area (Å²) in [7, 11) is 0. The fourth-order valence-corrected chi connectivity index (χ4v) is 2.13. The molecule has 0 radical (unpaired) electrons. The van der Waals surface area contributed by atoms with Crippen molar-refractivity contribution in [2.24, 2.45) is 10.7 Å². The summed E-state index contributed by atoms with van der Waals surface area (Å²) in [5.41, 5.74) is 6.72. The average molecular weight is 270 g/mol. The minimum atomic E-state index is -0.661. The van der Waals surface area contributed by atoms with Crippen molar-refractivity contribution in [1.82, 2.24) is 9.78 Å². The van der Waals surface area contributed by atoms with Crippen LogP contribution in [0.3, 0.4) is 0 Å². The second-order valence-electron chi connectivity index (χ2n) is 4.48. The van der Waals surface area contributed by atoms with Gasteiger partial charge in [-0.2, -0.15) is 5.10 Å². The molecule has 1 aliphatic rings. The number of halogens is 1. The van der Waals surface area contributed by atoms with Gasteiger partial charge in [0.1, 0.15) is 11.7 Å². The highest BCUT2D eigenvalue weighted by Gasteiger charge is 2.19. The summed E-state index contributed by atoms with van der Waals surface area (Å²) in [6.45, 7) is 3.85. The van der Waals surface area contributed by atoms with E-state index < -0.39 is 11.7 Å². The van der Waals surface area contributed by atoms with E-state index in [0.29, 0.717) is 23.2 Å². The van der Waals surface area contributed by atoms with Crippen molar-refractivity contribution < 1.29 is 9.18 Å². The first-order valence-electron chi connectivity index (χ1n) is 5.96.